The minimum absolute atomic E-state index is 0.217. The summed E-state index contributed by atoms with van der Waals surface area (Å²) < 4.78 is 20.2. The molecule has 0 fully saturated rings. The highest BCUT2D eigenvalue weighted by molar-refractivity contribution is 6.05. The van der Waals surface area contributed by atoms with Crippen molar-refractivity contribution in [3.05, 3.63) is 95.5 Å². The van der Waals surface area contributed by atoms with Crippen LogP contribution in [-0.2, 0) is 12.8 Å². The first-order chi connectivity index (χ1) is 16.1. The predicted molar refractivity (Wildman–Crippen MR) is 121 cm³/mol. The Balaban J connectivity index is 1.34. The van der Waals surface area contributed by atoms with Crippen molar-refractivity contribution in [2.75, 3.05) is 10.6 Å². The third kappa shape index (κ3) is 4.27. The Morgan fingerprint density at radius 3 is 2.21 bits per heavy atom. The van der Waals surface area contributed by atoms with Crippen LogP contribution in [0, 0.1) is 5.82 Å². The number of furan rings is 1. The van der Waals surface area contributed by atoms with Gasteiger partial charge in [0.25, 0.3) is 11.8 Å². The highest BCUT2D eigenvalue weighted by Crippen LogP contribution is 2.28. The fraction of sp³-hybridized carbons (Fsp3) is 0.160. The second-order valence-corrected chi connectivity index (χ2v) is 7.83. The van der Waals surface area contributed by atoms with Crippen molar-refractivity contribution in [2.45, 2.75) is 25.7 Å². The molecule has 0 bridgehead atoms. The molecular weight excluding hydrogens is 423 g/mol. The van der Waals surface area contributed by atoms with E-state index in [-0.39, 0.29) is 23.4 Å². The molecule has 2 amide bonds. The van der Waals surface area contributed by atoms with Crippen molar-refractivity contribution < 1.29 is 18.4 Å². The predicted octanol–water partition coefficient (Wildman–Crippen LogP) is 4.99. The summed E-state index contributed by atoms with van der Waals surface area (Å²) in [4.78, 5) is 25.2. The molecule has 0 radical (unpaired) electrons. The molecular formula is C25H21FN4O3. The molecule has 0 saturated heterocycles. The van der Waals surface area contributed by atoms with Gasteiger partial charge in [-0.3, -0.25) is 9.59 Å². The maximum absolute atomic E-state index is 13.4. The third-order valence-electron chi connectivity index (χ3n) is 5.61. The normalized spacial score (nSPS) is 12.8. The van der Waals surface area contributed by atoms with Gasteiger partial charge in [-0.15, -0.1) is 0 Å². The van der Waals surface area contributed by atoms with Crippen molar-refractivity contribution in [1.82, 2.24) is 9.78 Å². The number of amides is 2. The van der Waals surface area contributed by atoms with Gasteiger partial charge in [0.15, 0.2) is 11.5 Å². The van der Waals surface area contributed by atoms with Crippen LogP contribution < -0.4 is 10.6 Å². The number of benzene rings is 2. The van der Waals surface area contributed by atoms with Gasteiger partial charge in [-0.2, -0.15) is 5.10 Å². The number of aromatic nitrogens is 2. The summed E-state index contributed by atoms with van der Waals surface area (Å²) in [6.07, 6.45) is 5.04. The van der Waals surface area contributed by atoms with Crippen molar-refractivity contribution in [3.8, 4) is 5.69 Å². The van der Waals surface area contributed by atoms with Gasteiger partial charge >= 0.3 is 0 Å². The van der Waals surface area contributed by atoms with Crippen LogP contribution in [0.5, 0.6) is 0 Å². The number of anilines is 2. The summed E-state index contributed by atoms with van der Waals surface area (Å²) in [5.74, 6) is -0.758. The van der Waals surface area contributed by atoms with E-state index < -0.39 is 0 Å². The SMILES string of the molecule is O=C(Nc1ccc(NC(=O)c2nn(-c3ccc(F)cc3)c3c2CCCC3)cc1)c1ccco1. The minimum Gasteiger partial charge on any atom is -0.459 e. The zero-order chi connectivity index (χ0) is 22.8. The van der Waals surface area contributed by atoms with E-state index in [4.69, 9.17) is 4.42 Å². The average Bonchev–Trinajstić information content (AvgIpc) is 3.50. The van der Waals surface area contributed by atoms with Crippen molar-refractivity contribution in [3.63, 3.8) is 0 Å². The first-order valence-electron chi connectivity index (χ1n) is 10.7. The number of fused-ring (bicyclic) bond motifs is 1. The number of nitrogens with zero attached hydrogens (tertiary/aromatic N) is 2. The van der Waals surface area contributed by atoms with E-state index in [1.807, 2.05) is 0 Å². The molecule has 0 aliphatic heterocycles. The Bertz CT molecular complexity index is 1290. The summed E-state index contributed by atoms with van der Waals surface area (Å²) in [7, 11) is 0. The fourth-order valence-electron chi connectivity index (χ4n) is 4.00. The first kappa shape index (κ1) is 20.7. The summed E-state index contributed by atoms with van der Waals surface area (Å²) in [5, 5.41) is 10.2. The Morgan fingerprint density at radius 1 is 0.879 bits per heavy atom. The Hall–Kier alpha value is -4.20. The van der Waals surface area contributed by atoms with Crippen LogP contribution in [0.4, 0.5) is 15.8 Å². The highest BCUT2D eigenvalue weighted by Gasteiger charge is 2.25. The molecule has 33 heavy (non-hydrogen) atoms. The van der Waals surface area contributed by atoms with Crippen LogP contribution in [0.3, 0.4) is 0 Å². The quantitative estimate of drug-likeness (QED) is 0.454. The minimum atomic E-state index is -0.352. The molecule has 2 heterocycles. The summed E-state index contributed by atoms with van der Waals surface area (Å²) in [6.45, 7) is 0. The van der Waals surface area contributed by atoms with Crippen LogP contribution >= 0.6 is 0 Å². The van der Waals surface area contributed by atoms with E-state index in [0.29, 0.717) is 17.1 Å². The van der Waals surface area contributed by atoms with E-state index in [1.165, 1.54) is 18.4 Å². The van der Waals surface area contributed by atoms with Crippen molar-refractivity contribution >= 4 is 23.2 Å². The van der Waals surface area contributed by atoms with Crippen molar-refractivity contribution in [2.24, 2.45) is 0 Å². The first-order valence-corrected chi connectivity index (χ1v) is 10.7. The molecule has 166 valence electrons. The molecule has 2 N–H and O–H groups in total. The van der Waals surface area contributed by atoms with E-state index in [2.05, 4.69) is 15.7 Å². The van der Waals surface area contributed by atoms with Crippen LogP contribution in [0.1, 0.15) is 45.1 Å². The molecule has 0 spiro atoms. The van der Waals surface area contributed by atoms with Gasteiger partial charge in [0.05, 0.1) is 12.0 Å². The topological polar surface area (TPSA) is 89.2 Å². The van der Waals surface area contributed by atoms with Gasteiger partial charge in [0.1, 0.15) is 5.82 Å². The number of hydrogen-bond donors (Lipinski definition) is 2. The lowest BCUT2D eigenvalue weighted by atomic mass is 9.95. The van der Waals surface area contributed by atoms with E-state index in [0.717, 1.165) is 42.6 Å². The Labute approximate surface area is 189 Å². The molecule has 8 heteroatoms. The molecule has 2 aromatic carbocycles. The molecule has 7 nitrogen and oxygen atoms in total. The highest BCUT2D eigenvalue weighted by atomic mass is 19.1. The fourth-order valence-corrected chi connectivity index (χ4v) is 4.00. The van der Waals surface area contributed by atoms with Gasteiger partial charge < -0.3 is 15.1 Å². The number of nitrogens with one attached hydrogen (secondary N) is 2. The summed E-state index contributed by atoms with van der Waals surface area (Å²) in [5.41, 5.74) is 4.19. The standard InChI is InChI=1S/C25H21FN4O3/c26-16-7-13-19(14-8-16)30-21-5-2-1-4-20(21)23(29-30)25(32)28-18-11-9-17(10-12-18)27-24(31)22-6-3-15-33-22/h3,6-15H,1-2,4-5H2,(H,27,31)(H,28,32). The average molecular weight is 444 g/mol. The second kappa shape index (κ2) is 8.74. The largest absolute Gasteiger partial charge is 0.459 e. The zero-order valence-electron chi connectivity index (χ0n) is 17.7. The van der Waals surface area contributed by atoms with E-state index >= 15 is 0 Å². The lowest BCUT2D eigenvalue weighted by Gasteiger charge is -2.14. The second-order valence-electron chi connectivity index (χ2n) is 7.83. The molecule has 0 saturated carbocycles. The Morgan fingerprint density at radius 2 is 1.55 bits per heavy atom. The van der Waals surface area contributed by atoms with E-state index in [9.17, 15) is 14.0 Å². The summed E-state index contributed by atoms with van der Waals surface area (Å²) in [6, 6.07) is 16.1. The van der Waals surface area contributed by atoms with Crippen LogP contribution in [0.15, 0.2) is 71.3 Å². The number of carbonyl (C=O) groups excluding carboxylic acids is 2. The van der Waals surface area contributed by atoms with Gasteiger partial charge in [-0.25, -0.2) is 9.07 Å². The molecule has 1 aliphatic carbocycles. The molecule has 4 aromatic rings. The number of hydrogen-bond acceptors (Lipinski definition) is 4. The zero-order valence-corrected chi connectivity index (χ0v) is 17.7. The molecule has 0 atom stereocenters. The molecule has 2 aromatic heterocycles. The maximum atomic E-state index is 13.4. The molecule has 0 unspecified atom stereocenters. The maximum Gasteiger partial charge on any atom is 0.291 e. The smallest absolute Gasteiger partial charge is 0.291 e. The third-order valence-corrected chi connectivity index (χ3v) is 5.61. The Kier molecular flexibility index (Phi) is 5.48. The summed E-state index contributed by atoms with van der Waals surface area (Å²) >= 11 is 0. The van der Waals surface area contributed by atoms with Gasteiger partial charge in [0.2, 0.25) is 0 Å². The lowest BCUT2D eigenvalue weighted by Crippen LogP contribution is -2.16. The van der Waals surface area contributed by atoms with Gasteiger partial charge in [-0.05, 0) is 86.3 Å². The van der Waals surface area contributed by atoms with Crippen LogP contribution in [0.25, 0.3) is 5.69 Å². The van der Waals surface area contributed by atoms with Gasteiger partial charge in [0, 0.05) is 22.6 Å². The monoisotopic (exact) mass is 444 g/mol. The number of carbonyl (C=O) groups is 2. The van der Waals surface area contributed by atoms with E-state index in [1.54, 1.807) is 53.2 Å². The van der Waals surface area contributed by atoms with Gasteiger partial charge in [-0.1, -0.05) is 0 Å². The molecule has 1 aliphatic rings. The number of rotatable bonds is 5. The molecule has 5 rings (SSSR count). The number of halogens is 1. The van der Waals surface area contributed by atoms with Crippen LogP contribution in [-0.4, -0.2) is 21.6 Å². The lowest BCUT2D eigenvalue weighted by molar-refractivity contribution is 0.0994. The van der Waals surface area contributed by atoms with Crippen molar-refractivity contribution in [1.29, 1.82) is 0 Å². The van der Waals surface area contributed by atoms with Crippen LogP contribution in [0.2, 0.25) is 0 Å².